The Balaban J connectivity index is 1.72. The number of amides is 2. The molecule has 0 aromatic rings. The smallest absolute Gasteiger partial charge is 0.317 e. The Labute approximate surface area is 145 Å². The molecule has 1 saturated heterocycles. The van der Waals surface area contributed by atoms with Crippen LogP contribution in [-0.4, -0.2) is 66.2 Å². The zero-order chi connectivity index (χ0) is 17.5. The SMILES string of the molecule is CC1CCC(CNC(=O)N2CCCC(N(C)CC(=O)O)CC2)CC1. The fourth-order valence-corrected chi connectivity index (χ4v) is 3.94. The molecular weight excluding hydrogens is 306 g/mol. The van der Waals surface area contributed by atoms with Crippen molar-refractivity contribution in [1.29, 1.82) is 0 Å². The Morgan fingerprint density at radius 3 is 2.50 bits per heavy atom. The minimum atomic E-state index is -0.793. The van der Waals surface area contributed by atoms with Gasteiger partial charge in [0.1, 0.15) is 0 Å². The zero-order valence-corrected chi connectivity index (χ0v) is 15.2. The summed E-state index contributed by atoms with van der Waals surface area (Å²) in [5.74, 6) is 0.673. The molecule has 2 amide bonds. The molecule has 0 spiro atoms. The van der Waals surface area contributed by atoms with Crippen LogP contribution in [0.5, 0.6) is 0 Å². The van der Waals surface area contributed by atoms with Crippen molar-refractivity contribution in [2.24, 2.45) is 11.8 Å². The van der Waals surface area contributed by atoms with Gasteiger partial charge in [0, 0.05) is 25.7 Å². The maximum absolute atomic E-state index is 12.4. The second-order valence-corrected chi connectivity index (χ2v) is 7.69. The number of carbonyl (C=O) groups is 2. The highest BCUT2D eigenvalue weighted by molar-refractivity contribution is 5.74. The average Bonchev–Trinajstić information content (AvgIpc) is 2.79. The van der Waals surface area contributed by atoms with E-state index in [4.69, 9.17) is 5.11 Å². The van der Waals surface area contributed by atoms with Crippen molar-refractivity contribution in [3.63, 3.8) is 0 Å². The first-order valence-electron chi connectivity index (χ1n) is 9.40. The molecule has 2 aliphatic rings. The Bertz CT molecular complexity index is 422. The van der Waals surface area contributed by atoms with Gasteiger partial charge in [-0.2, -0.15) is 0 Å². The molecule has 1 saturated carbocycles. The van der Waals surface area contributed by atoms with Crippen molar-refractivity contribution in [3.05, 3.63) is 0 Å². The predicted octanol–water partition coefficient (Wildman–Crippen LogP) is 2.39. The number of nitrogens with one attached hydrogen (secondary N) is 1. The van der Waals surface area contributed by atoms with Gasteiger partial charge in [0.05, 0.1) is 6.54 Å². The van der Waals surface area contributed by atoms with Crippen LogP contribution in [0.25, 0.3) is 0 Å². The molecule has 6 nitrogen and oxygen atoms in total. The Kier molecular flexibility index (Phi) is 7.34. The van der Waals surface area contributed by atoms with E-state index >= 15 is 0 Å². The Morgan fingerprint density at radius 1 is 1.12 bits per heavy atom. The van der Waals surface area contributed by atoms with Crippen LogP contribution >= 0.6 is 0 Å². The molecule has 2 fully saturated rings. The number of aliphatic carboxylic acids is 1. The van der Waals surface area contributed by atoms with Gasteiger partial charge in [0.2, 0.25) is 0 Å². The van der Waals surface area contributed by atoms with E-state index in [9.17, 15) is 9.59 Å². The minimum Gasteiger partial charge on any atom is -0.480 e. The van der Waals surface area contributed by atoms with Crippen LogP contribution in [0.2, 0.25) is 0 Å². The predicted molar refractivity (Wildman–Crippen MR) is 94.0 cm³/mol. The summed E-state index contributed by atoms with van der Waals surface area (Å²) < 4.78 is 0. The number of carboxylic acid groups (broad SMARTS) is 1. The third-order valence-electron chi connectivity index (χ3n) is 5.67. The van der Waals surface area contributed by atoms with Gasteiger partial charge >= 0.3 is 12.0 Å². The van der Waals surface area contributed by atoms with Crippen molar-refractivity contribution in [2.75, 3.05) is 33.2 Å². The number of carboxylic acids is 1. The van der Waals surface area contributed by atoms with E-state index < -0.39 is 5.97 Å². The highest BCUT2D eigenvalue weighted by Gasteiger charge is 2.25. The second-order valence-electron chi connectivity index (χ2n) is 7.69. The maximum Gasteiger partial charge on any atom is 0.317 e. The summed E-state index contributed by atoms with van der Waals surface area (Å²) in [6.07, 6.45) is 7.74. The van der Waals surface area contributed by atoms with E-state index in [1.807, 2.05) is 16.8 Å². The fourth-order valence-electron chi connectivity index (χ4n) is 3.94. The van der Waals surface area contributed by atoms with Crippen LogP contribution in [0.1, 0.15) is 51.9 Å². The van der Waals surface area contributed by atoms with Crippen LogP contribution in [0.3, 0.4) is 0 Å². The molecule has 0 bridgehead atoms. The van der Waals surface area contributed by atoms with E-state index in [1.54, 1.807) is 0 Å². The van der Waals surface area contributed by atoms with Crippen LogP contribution in [0, 0.1) is 11.8 Å². The molecule has 0 aromatic heterocycles. The van der Waals surface area contributed by atoms with E-state index in [-0.39, 0.29) is 18.6 Å². The van der Waals surface area contributed by atoms with Crippen molar-refractivity contribution in [2.45, 2.75) is 57.9 Å². The van der Waals surface area contributed by atoms with Crippen LogP contribution in [0.4, 0.5) is 4.79 Å². The summed E-state index contributed by atoms with van der Waals surface area (Å²) >= 11 is 0. The van der Waals surface area contributed by atoms with Gasteiger partial charge < -0.3 is 15.3 Å². The first-order valence-corrected chi connectivity index (χ1v) is 9.40. The largest absolute Gasteiger partial charge is 0.480 e. The topological polar surface area (TPSA) is 72.9 Å². The van der Waals surface area contributed by atoms with Gasteiger partial charge in [-0.25, -0.2) is 4.79 Å². The number of carbonyl (C=O) groups excluding carboxylic acids is 1. The highest BCUT2D eigenvalue weighted by Crippen LogP contribution is 2.27. The number of hydrogen-bond donors (Lipinski definition) is 2. The molecule has 1 atom stereocenters. The molecule has 138 valence electrons. The second kappa shape index (κ2) is 9.25. The maximum atomic E-state index is 12.4. The average molecular weight is 339 g/mol. The molecule has 0 radical (unpaired) electrons. The number of likely N-dealkylation sites (N-methyl/N-ethyl adjacent to an activating group) is 1. The quantitative estimate of drug-likeness (QED) is 0.807. The molecule has 1 heterocycles. The van der Waals surface area contributed by atoms with Crippen molar-refractivity contribution in [1.82, 2.24) is 15.1 Å². The molecule has 6 heteroatoms. The standard InChI is InChI=1S/C18H33N3O3/c1-14-5-7-15(8-6-14)12-19-18(24)21-10-3-4-16(9-11-21)20(2)13-17(22)23/h14-16H,3-13H2,1-2H3,(H,19,24)(H,22,23). The summed E-state index contributed by atoms with van der Waals surface area (Å²) in [5, 5.41) is 12.0. The Hall–Kier alpha value is -1.30. The molecule has 2 rings (SSSR count). The summed E-state index contributed by atoms with van der Waals surface area (Å²) in [6, 6.07) is 0.300. The molecule has 1 aliphatic heterocycles. The molecule has 1 unspecified atom stereocenters. The first-order chi connectivity index (χ1) is 11.5. The lowest BCUT2D eigenvalue weighted by Crippen LogP contribution is -2.43. The summed E-state index contributed by atoms with van der Waals surface area (Å²) in [6.45, 7) is 4.65. The van der Waals surface area contributed by atoms with E-state index in [0.717, 1.165) is 38.3 Å². The number of urea groups is 1. The summed E-state index contributed by atoms with van der Waals surface area (Å²) in [4.78, 5) is 27.1. The Morgan fingerprint density at radius 2 is 1.83 bits per heavy atom. The molecule has 0 aromatic carbocycles. The normalized spacial score (nSPS) is 28.5. The van der Waals surface area contributed by atoms with Crippen LogP contribution in [0.15, 0.2) is 0 Å². The highest BCUT2D eigenvalue weighted by atomic mass is 16.4. The number of likely N-dealkylation sites (tertiary alicyclic amines) is 1. The number of rotatable bonds is 5. The lowest BCUT2D eigenvalue weighted by molar-refractivity contribution is -0.138. The van der Waals surface area contributed by atoms with Gasteiger partial charge in [-0.15, -0.1) is 0 Å². The lowest BCUT2D eigenvalue weighted by atomic mass is 9.83. The zero-order valence-electron chi connectivity index (χ0n) is 15.2. The number of hydrogen-bond acceptors (Lipinski definition) is 3. The van der Waals surface area contributed by atoms with Crippen molar-refractivity contribution >= 4 is 12.0 Å². The summed E-state index contributed by atoms with van der Waals surface area (Å²) in [5.41, 5.74) is 0. The van der Waals surface area contributed by atoms with Gasteiger partial charge in [-0.05, 0) is 51.0 Å². The first kappa shape index (κ1) is 19.0. The minimum absolute atomic E-state index is 0.0511. The lowest BCUT2D eigenvalue weighted by Gasteiger charge is -2.28. The van der Waals surface area contributed by atoms with Gasteiger partial charge in [-0.3, -0.25) is 9.69 Å². The summed E-state index contributed by atoms with van der Waals surface area (Å²) in [7, 11) is 1.86. The monoisotopic (exact) mass is 339 g/mol. The van der Waals surface area contributed by atoms with Crippen LogP contribution in [-0.2, 0) is 4.79 Å². The molecule has 2 N–H and O–H groups in total. The van der Waals surface area contributed by atoms with Crippen molar-refractivity contribution < 1.29 is 14.7 Å². The van der Waals surface area contributed by atoms with E-state index in [2.05, 4.69) is 12.2 Å². The van der Waals surface area contributed by atoms with Crippen molar-refractivity contribution in [3.8, 4) is 0 Å². The van der Waals surface area contributed by atoms with Gasteiger partial charge in [-0.1, -0.05) is 19.8 Å². The third kappa shape index (κ3) is 5.96. The fraction of sp³-hybridized carbons (Fsp3) is 0.889. The van der Waals surface area contributed by atoms with E-state index in [0.29, 0.717) is 12.5 Å². The molecular formula is C18H33N3O3. The van der Waals surface area contributed by atoms with Crippen LogP contribution < -0.4 is 5.32 Å². The van der Waals surface area contributed by atoms with E-state index in [1.165, 1.54) is 25.7 Å². The third-order valence-corrected chi connectivity index (χ3v) is 5.67. The molecule has 24 heavy (non-hydrogen) atoms. The number of nitrogens with zero attached hydrogens (tertiary/aromatic N) is 2. The van der Waals surface area contributed by atoms with Gasteiger partial charge in [0.15, 0.2) is 0 Å². The molecule has 1 aliphatic carbocycles. The van der Waals surface area contributed by atoms with Gasteiger partial charge in [0.25, 0.3) is 0 Å².